The molecule has 2 aromatic rings. The number of nitrogens with one attached hydrogen (secondary N) is 1. The van der Waals surface area contributed by atoms with Crippen LogP contribution in [0.4, 0.5) is 0 Å². The lowest BCUT2D eigenvalue weighted by molar-refractivity contribution is -0.134. The average Bonchev–Trinajstić information content (AvgIpc) is 2.83. The molecule has 0 saturated carbocycles. The lowest BCUT2D eigenvalue weighted by Crippen LogP contribution is -2.42. The van der Waals surface area contributed by atoms with E-state index in [0.717, 1.165) is 11.1 Å². The van der Waals surface area contributed by atoms with Crippen molar-refractivity contribution in [1.29, 1.82) is 0 Å². The van der Waals surface area contributed by atoms with Crippen molar-refractivity contribution >= 4 is 5.91 Å². The number of nitrogens with zero attached hydrogens (tertiary/aromatic N) is 1. The SMILES string of the molecule is Cc1ccc(CNC2CC(=O)N(Cc3ccccc3)C2O)cc1. The number of aryl methyl sites for hydroxylation is 1. The van der Waals surface area contributed by atoms with E-state index in [4.69, 9.17) is 0 Å². The second-order valence-corrected chi connectivity index (χ2v) is 6.10. The number of benzene rings is 2. The first-order valence-corrected chi connectivity index (χ1v) is 7.94. The van der Waals surface area contributed by atoms with Crippen LogP contribution < -0.4 is 5.32 Å². The fourth-order valence-corrected chi connectivity index (χ4v) is 2.87. The van der Waals surface area contributed by atoms with E-state index in [1.54, 1.807) is 4.90 Å². The maximum atomic E-state index is 12.2. The highest BCUT2D eigenvalue weighted by atomic mass is 16.3. The van der Waals surface area contributed by atoms with Crippen LogP contribution in [0, 0.1) is 6.92 Å². The van der Waals surface area contributed by atoms with Gasteiger partial charge < -0.3 is 15.3 Å². The van der Waals surface area contributed by atoms with Crippen molar-refractivity contribution in [3.05, 3.63) is 71.3 Å². The van der Waals surface area contributed by atoms with Crippen LogP contribution >= 0.6 is 0 Å². The maximum Gasteiger partial charge on any atom is 0.226 e. The van der Waals surface area contributed by atoms with Gasteiger partial charge in [-0.2, -0.15) is 0 Å². The van der Waals surface area contributed by atoms with Crippen LogP contribution in [0.5, 0.6) is 0 Å². The van der Waals surface area contributed by atoms with E-state index in [1.807, 2.05) is 30.3 Å². The molecule has 2 atom stereocenters. The minimum absolute atomic E-state index is 0.0113. The minimum atomic E-state index is -0.784. The van der Waals surface area contributed by atoms with E-state index in [0.29, 0.717) is 19.5 Å². The zero-order valence-electron chi connectivity index (χ0n) is 13.3. The van der Waals surface area contributed by atoms with Gasteiger partial charge in [0.25, 0.3) is 0 Å². The largest absolute Gasteiger partial charge is 0.372 e. The van der Waals surface area contributed by atoms with E-state index in [2.05, 4.69) is 36.5 Å². The molecule has 0 aliphatic carbocycles. The van der Waals surface area contributed by atoms with Crippen LogP contribution in [-0.4, -0.2) is 28.2 Å². The third kappa shape index (κ3) is 3.78. The quantitative estimate of drug-likeness (QED) is 0.890. The van der Waals surface area contributed by atoms with Gasteiger partial charge in [-0.15, -0.1) is 0 Å². The van der Waals surface area contributed by atoms with Crippen molar-refractivity contribution < 1.29 is 9.90 Å². The third-order valence-electron chi connectivity index (χ3n) is 4.28. The highest BCUT2D eigenvalue weighted by Crippen LogP contribution is 2.21. The van der Waals surface area contributed by atoms with Crippen molar-refractivity contribution in [2.75, 3.05) is 0 Å². The van der Waals surface area contributed by atoms with Gasteiger partial charge in [0.2, 0.25) is 5.91 Å². The first-order chi connectivity index (χ1) is 11.1. The molecule has 4 heteroatoms. The summed E-state index contributed by atoms with van der Waals surface area (Å²) in [6.07, 6.45) is -0.451. The molecule has 1 heterocycles. The topological polar surface area (TPSA) is 52.6 Å². The van der Waals surface area contributed by atoms with Crippen molar-refractivity contribution in [2.24, 2.45) is 0 Å². The molecule has 1 amide bonds. The number of amides is 1. The summed E-state index contributed by atoms with van der Waals surface area (Å²) in [5, 5.41) is 13.7. The van der Waals surface area contributed by atoms with Gasteiger partial charge in [0, 0.05) is 19.5 Å². The summed E-state index contributed by atoms with van der Waals surface area (Å²) in [4.78, 5) is 13.7. The molecule has 1 fully saturated rings. The predicted molar refractivity (Wildman–Crippen MR) is 89.4 cm³/mol. The Balaban J connectivity index is 1.59. The average molecular weight is 310 g/mol. The number of aliphatic hydroxyl groups is 1. The molecule has 23 heavy (non-hydrogen) atoms. The molecule has 1 saturated heterocycles. The number of rotatable bonds is 5. The van der Waals surface area contributed by atoms with Gasteiger partial charge in [0.15, 0.2) is 0 Å². The van der Waals surface area contributed by atoms with Gasteiger partial charge in [-0.3, -0.25) is 4.79 Å². The summed E-state index contributed by atoms with van der Waals surface area (Å²) in [6.45, 7) is 3.15. The Morgan fingerprint density at radius 2 is 1.78 bits per heavy atom. The Bertz CT molecular complexity index is 655. The number of aliphatic hydroxyl groups excluding tert-OH is 1. The second kappa shape index (κ2) is 6.94. The van der Waals surface area contributed by atoms with Gasteiger partial charge in [-0.1, -0.05) is 60.2 Å². The van der Waals surface area contributed by atoms with Gasteiger partial charge in [0.05, 0.1) is 6.04 Å². The summed E-state index contributed by atoms with van der Waals surface area (Å²) >= 11 is 0. The van der Waals surface area contributed by atoms with Gasteiger partial charge in [0.1, 0.15) is 6.23 Å². The highest BCUT2D eigenvalue weighted by Gasteiger charge is 2.38. The predicted octanol–water partition coefficient (Wildman–Crippen LogP) is 2.20. The number of likely N-dealkylation sites (tertiary alicyclic amines) is 1. The molecular weight excluding hydrogens is 288 g/mol. The molecular formula is C19H22N2O2. The fourth-order valence-electron chi connectivity index (χ4n) is 2.87. The van der Waals surface area contributed by atoms with Gasteiger partial charge >= 0.3 is 0 Å². The first kappa shape index (κ1) is 15.7. The molecule has 1 aliphatic heterocycles. The molecule has 4 nitrogen and oxygen atoms in total. The van der Waals surface area contributed by atoms with Gasteiger partial charge in [-0.25, -0.2) is 0 Å². The zero-order valence-corrected chi connectivity index (χ0v) is 13.3. The molecule has 2 aromatic carbocycles. The van der Waals surface area contributed by atoms with Crippen molar-refractivity contribution in [3.8, 4) is 0 Å². The third-order valence-corrected chi connectivity index (χ3v) is 4.28. The fraction of sp³-hybridized carbons (Fsp3) is 0.316. The Morgan fingerprint density at radius 1 is 1.09 bits per heavy atom. The minimum Gasteiger partial charge on any atom is -0.372 e. The van der Waals surface area contributed by atoms with E-state index < -0.39 is 6.23 Å². The first-order valence-electron chi connectivity index (χ1n) is 7.94. The molecule has 2 N–H and O–H groups in total. The normalized spacial score (nSPS) is 21.0. The molecule has 0 aromatic heterocycles. The molecule has 1 aliphatic rings. The Labute approximate surface area is 136 Å². The van der Waals surface area contributed by atoms with Crippen LogP contribution in [-0.2, 0) is 17.9 Å². The molecule has 0 spiro atoms. The van der Waals surface area contributed by atoms with Crippen LogP contribution in [0.15, 0.2) is 54.6 Å². The molecule has 120 valence electrons. The number of hydrogen-bond donors (Lipinski definition) is 2. The molecule has 0 bridgehead atoms. The Morgan fingerprint density at radius 3 is 2.48 bits per heavy atom. The van der Waals surface area contributed by atoms with Crippen LogP contribution in [0.1, 0.15) is 23.1 Å². The van der Waals surface area contributed by atoms with E-state index in [-0.39, 0.29) is 11.9 Å². The van der Waals surface area contributed by atoms with Crippen LogP contribution in [0.2, 0.25) is 0 Å². The van der Waals surface area contributed by atoms with E-state index >= 15 is 0 Å². The lowest BCUT2D eigenvalue weighted by Gasteiger charge is -2.24. The smallest absolute Gasteiger partial charge is 0.226 e. The highest BCUT2D eigenvalue weighted by molar-refractivity contribution is 5.79. The monoisotopic (exact) mass is 310 g/mol. The molecule has 0 radical (unpaired) electrons. The van der Waals surface area contributed by atoms with Crippen molar-refractivity contribution in [1.82, 2.24) is 10.2 Å². The van der Waals surface area contributed by atoms with Gasteiger partial charge in [-0.05, 0) is 18.1 Å². The summed E-state index contributed by atoms with van der Waals surface area (Å²) in [5.41, 5.74) is 3.40. The summed E-state index contributed by atoms with van der Waals surface area (Å²) in [5.74, 6) is -0.0113. The second-order valence-electron chi connectivity index (χ2n) is 6.10. The zero-order chi connectivity index (χ0) is 16.2. The standard InChI is InChI=1S/C19H22N2O2/c1-14-7-9-15(10-8-14)12-20-17-11-18(22)21(19(17)23)13-16-5-3-2-4-6-16/h2-10,17,19-20,23H,11-13H2,1H3. The summed E-state index contributed by atoms with van der Waals surface area (Å²) < 4.78 is 0. The molecule has 3 rings (SSSR count). The number of carbonyl (C=O) groups is 1. The maximum absolute atomic E-state index is 12.2. The summed E-state index contributed by atoms with van der Waals surface area (Å²) in [6, 6.07) is 17.8. The van der Waals surface area contributed by atoms with E-state index in [9.17, 15) is 9.90 Å². The Kier molecular flexibility index (Phi) is 4.74. The number of hydrogen-bond acceptors (Lipinski definition) is 3. The lowest BCUT2D eigenvalue weighted by atomic mass is 10.1. The van der Waals surface area contributed by atoms with Crippen molar-refractivity contribution in [3.63, 3.8) is 0 Å². The Hall–Kier alpha value is -2.17. The number of carbonyl (C=O) groups excluding carboxylic acids is 1. The van der Waals surface area contributed by atoms with Crippen LogP contribution in [0.25, 0.3) is 0 Å². The van der Waals surface area contributed by atoms with E-state index in [1.165, 1.54) is 5.56 Å². The molecule has 2 unspecified atom stereocenters. The summed E-state index contributed by atoms with van der Waals surface area (Å²) in [7, 11) is 0. The van der Waals surface area contributed by atoms with Crippen molar-refractivity contribution in [2.45, 2.75) is 38.7 Å². The van der Waals surface area contributed by atoms with Crippen LogP contribution in [0.3, 0.4) is 0 Å².